The highest BCUT2D eigenvalue weighted by atomic mass is 32.1. The Labute approximate surface area is 245 Å². The number of urea groups is 1. The summed E-state index contributed by atoms with van der Waals surface area (Å²) in [6.45, 7) is 4.97. The summed E-state index contributed by atoms with van der Waals surface area (Å²) in [7, 11) is 0. The molecule has 42 heavy (non-hydrogen) atoms. The second-order valence-corrected chi connectivity index (χ2v) is 12.0. The number of carbonyl (C=O) groups is 3. The third kappa shape index (κ3) is 5.32. The minimum Gasteiger partial charge on any atom is -0.457 e. The Kier molecular flexibility index (Phi) is 6.93. The van der Waals surface area contributed by atoms with Gasteiger partial charge in [0.1, 0.15) is 33.0 Å². The zero-order valence-corrected chi connectivity index (χ0v) is 23.9. The van der Waals surface area contributed by atoms with Gasteiger partial charge in [0.25, 0.3) is 5.91 Å². The smallest absolute Gasteiger partial charge is 0.410 e. The minimum absolute atomic E-state index is 0.0321. The van der Waals surface area contributed by atoms with E-state index in [0.717, 1.165) is 11.3 Å². The summed E-state index contributed by atoms with van der Waals surface area (Å²) in [5, 5.41) is 6.14. The summed E-state index contributed by atoms with van der Waals surface area (Å²) >= 11 is 1.10. The van der Waals surface area contributed by atoms with E-state index in [2.05, 4.69) is 15.6 Å². The number of thiophene rings is 1. The molecular weight excluding hydrogens is 561 g/mol. The van der Waals surface area contributed by atoms with E-state index in [4.69, 9.17) is 9.47 Å². The Morgan fingerprint density at radius 2 is 1.76 bits per heavy atom. The van der Waals surface area contributed by atoms with Crippen LogP contribution in [-0.4, -0.2) is 58.8 Å². The van der Waals surface area contributed by atoms with Crippen LogP contribution in [0.1, 0.15) is 30.4 Å². The van der Waals surface area contributed by atoms with Crippen molar-refractivity contribution < 1.29 is 28.2 Å². The van der Waals surface area contributed by atoms with Gasteiger partial charge in [-0.2, -0.15) is 0 Å². The van der Waals surface area contributed by atoms with Crippen molar-refractivity contribution in [1.29, 1.82) is 0 Å². The number of alkyl halides is 1. The van der Waals surface area contributed by atoms with Gasteiger partial charge < -0.3 is 25.0 Å². The number of pyridine rings is 1. The molecule has 2 N–H and O–H groups in total. The van der Waals surface area contributed by atoms with Gasteiger partial charge in [0.05, 0.1) is 35.0 Å². The predicted octanol–water partition coefficient (Wildman–Crippen LogP) is 6.46. The number of halogens is 1. The monoisotopic (exact) mass is 589 g/mol. The van der Waals surface area contributed by atoms with E-state index in [-0.39, 0.29) is 18.0 Å². The van der Waals surface area contributed by atoms with Crippen molar-refractivity contribution in [3.8, 4) is 11.5 Å². The van der Waals surface area contributed by atoms with E-state index in [0.29, 0.717) is 38.8 Å². The van der Waals surface area contributed by atoms with Crippen molar-refractivity contribution >= 4 is 56.6 Å². The Bertz CT molecular complexity index is 1670. The molecule has 10 nitrogen and oxygen atoms in total. The molecule has 2 aliphatic heterocycles. The van der Waals surface area contributed by atoms with Crippen LogP contribution in [0.3, 0.4) is 0 Å². The van der Waals surface area contributed by atoms with Crippen LogP contribution in [0.25, 0.3) is 10.2 Å². The molecule has 2 atom stereocenters. The zero-order chi connectivity index (χ0) is 29.6. The number of ether oxygens (including phenoxy) is 2. The zero-order valence-electron chi connectivity index (χ0n) is 23.1. The van der Waals surface area contributed by atoms with Crippen molar-refractivity contribution in [2.45, 2.75) is 38.6 Å². The number of aromatic nitrogens is 1. The fourth-order valence-corrected chi connectivity index (χ4v) is 5.92. The van der Waals surface area contributed by atoms with Gasteiger partial charge in [-0.1, -0.05) is 18.2 Å². The van der Waals surface area contributed by atoms with Crippen molar-refractivity contribution in [3.63, 3.8) is 0 Å². The molecule has 1 saturated heterocycles. The minimum atomic E-state index is -1.47. The summed E-state index contributed by atoms with van der Waals surface area (Å²) in [5.41, 5.74) is 0.750. The number of rotatable bonds is 5. The van der Waals surface area contributed by atoms with E-state index in [9.17, 15) is 18.8 Å². The molecule has 0 aliphatic carbocycles. The Morgan fingerprint density at radius 1 is 1.05 bits per heavy atom. The molecular formula is C30H28FN5O5S. The van der Waals surface area contributed by atoms with Gasteiger partial charge in [-0.25, -0.2) is 19.0 Å². The lowest BCUT2D eigenvalue weighted by molar-refractivity contribution is 0.0281. The topological polar surface area (TPSA) is 113 Å². The number of para-hydroxylation sites is 1. The highest BCUT2D eigenvalue weighted by Crippen LogP contribution is 2.46. The number of hydrogen-bond acceptors (Lipinski definition) is 7. The van der Waals surface area contributed by atoms with Gasteiger partial charge in [-0.05, 0) is 63.2 Å². The fraction of sp³-hybridized carbons (Fsp3) is 0.267. The lowest BCUT2D eigenvalue weighted by Gasteiger charge is -2.28. The summed E-state index contributed by atoms with van der Waals surface area (Å²) in [6.07, 6.45) is -0.537. The summed E-state index contributed by atoms with van der Waals surface area (Å²) in [4.78, 5) is 47.1. The number of nitrogens with one attached hydrogen (secondary N) is 2. The van der Waals surface area contributed by atoms with Crippen molar-refractivity contribution in [2.24, 2.45) is 0 Å². The van der Waals surface area contributed by atoms with Crippen LogP contribution in [0.4, 0.5) is 31.0 Å². The highest BCUT2D eigenvalue weighted by molar-refractivity contribution is 7.21. The molecule has 0 bridgehead atoms. The Morgan fingerprint density at radius 3 is 2.48 bits per heavy atom. The Hall–Kier alpha value is -4.71. The second kappa shape index (κ2) is 10.6. The van der Waals surface area contributed by atoms with Crippen LogP contribution >= 0.6 is 11.3 Å². The first-order chi connectivity index (χ1) is 20.1. The van der Waals surface area contributed by atoms with E-state index >= 15 is 0 Å². The fourth-order valence-electron chi connectivity index (χ4n) is 4.90. The highest BCUT2D eigenvalue weighted by Gasteiger charge is 2.40. The molecule has 2 aromatic heterocycles. The predicted molar refractivity (Wildman–Crippen MR) is 158 cm³/mol. The summed E-state index contributed by atoms with van der Waals surface area (Å²) < 4.78 is 26.1. The van der Waals surface area contributed by atoms with Crippen LogP contribution in [0.15, 0.2) is 66.9 Å². The Balaban J connectivity index is 1.23. The second-order valence-electron chi connectivity index (χ2n) is 11.0. The number of carbonyl (C=O) groups excluding carboxylic acids is 3. The maximum absolute atomic E-state index is 14.9. The van der Waals surface area contributed by atoms with Crippen molar-refractivity contribution in [1.82, 2.24) is 15.2 Å². The van der Waals surface area contributed by atoms with Crippen LogP contribution in [0, 0.1) is 0 Å². The maximum Gasteiger partial charge on any atom is 0.410 e. The first-order valence-corrected chi connectivity index (χ1v) is 14.2. The number of amides is 4. The molecule has 2 aliphatic rings. The van der Waals surface area contributed by atoms with E-state index < -0.39 is 35.8 Å². The number of benzene rings is 2. The third-order valence-electron chi connectivity index (χ3n) is 6.74. The largest absolute Gasteiger partial charge is 0.457 e. The molecule has 0 spiro atoms. The molecule has 6 rings (SSSR count). The molecule has 0 saturated carbocycles. The molecule has 4 aromatic rings. The van der Waals surface area contributed by atoms with Crippen LogP contribution in [-0.2, 0) is 4.74 Å². The SMILES string of the molecule is CC(C)(C)OC(=O)N1CC(F)C(NC(=O)c2sc3nccc4c3c2NC(=O)N4c2ccc(Oc3ccccc3)cc2)C1. The average Bonchev–Trinajstić information content (AvgIpc) is 3.50. The summed E-state index contributed by atoms with van der Waals surface area (Å²) in [5.74, 6) is 0.745. The van der Waals surface area contributed by atoms with Gasteiger partial charge in [0.15, 0.2) is 0 Å². The molecule has 2 unspecified atom stereocenters. The molecule has 0 radical (unpaired) electrons. The van der Waals surface area contributed by atoms with Gasteiger partial charge >= 0.3 is 12.1 Å². The number of hydrogen-bond donors (Lipinski definition) is 2. The number of nitrogens with zero attached hydrogens (tertiary/aromatic N) is 3. The standard InChI is InChI=1S/C30H28FN5O5S/c1-30(2,3)41-29(39)35-15-20(31)21(16-35)33-26(37)25-24-23-22(13-14-32-27(23)42-25)36(28(38)34-24)17-9-11-19(12-10-17)40-18-7-5-4-6-8-18/h4-14,20-21H,15-16H2,1-3H3,(H,33,37)(H,34,38). The van der Waals surface area contributed by atoms with E-state index in [1.165, 1.54) is 9.80 Å². The first-order valence-electron chi connectivity index (χ1n) is 13.4. The van der Waals surface area contributed by atoms with E-state index in [1.807, 2.05) is 30.3 Å². The molecule has 1 fully saturated rings. The molecule has 12 heteroatoms. The van der Waals surface area contributed by atoms with Crippen LogP contribution < -0.4 is 20.3 Å². The van der Waals surface area contributed by atoms with Crippen LogP contribution in [0.5, 0.6) is 11.5 Å². The lowest BCUT2D eigenvalue weighted by atomic mass is 10.1. The first kappa shape index (κ1) is 27.5. The van der Waals surface area contributed by atoms with Gasteiger partial charge in [-0.15, -0.1) is 11.3 Å². The molecule has 2 aromatic carbocycles. The van der Waals surface area contributed by atoms with Gasteiger partial charge in [0.2, 0.25) is 0 Å². The molecule has 4 heterocycles. The third-order valence-corrected chi connectivity index (χ3v) is 7.84. The normalized spacial score (nSPS) is 18.1. The van der Waals surface area contributed by atoms with E-state index in [1.54, 1.807) is 57.3 Å². The van der Waals surface area contributed by atoms with Crippen LogP contribution in [0.2, 0.25) is 0 Å². The lowest BCUT2D eigenvalue weighted by Crippen LogP contribution is -2.42. The maximum atomic E-state index is 14.9. The van der Waals surface area contributed by atoms with Gasteiger partial charge in [-0.3, -0.25) is 9.69 Å². The quantitative estimate of drug-likeness (QED) is 0.276. The number of likely N-dealkylation sites (tertiary alicyclic amines) is 1. The molecule has 216 valence electrons. The molecule has 4 amide bonds. The van der Waals surface area contributed by atoms with Crippen molar-refractivity contribution in [2.75, 3.05) is 23.3 Å². The average molecular weight is 590 g/mol. The van der Waals surface area contributed by atoms with Crippen molar-refractivity contribution in [3.05, 3.63) is 71.7 Å². The number of anilines is 3. The summed E-state index contributed by atoms with van der Waals surface area (Å²) in [6, 6.07) is 16.8. The van der Waals surface area contributed by atoms with Gasteiger partial charge in [0, 0.05) is 12.7 Å².